The van der Waals surface area contributed by atoms with Gasteiger partial charge >= 0.3 is 12.1 Å². The summed E-state index contributed by atoms with van der Waals surface area (Å²) in [5, 5.41) is 14.3. The molecule has 2 amide bonds. The van der Waals surface area contributed by atoms with Gasteiger partial charge in [0, 0.05) is 17.7 Å². The van der Waals surface area contributed by atoms with Crippen LogP contribution in [0.1, 0.15) is 30.4 Å². The number of alkyl carbamates (subject to hydrolysis) is 1. The first kappa shape index (κ1) is 23.8. The van der Waals surface area contributed by atoms with E-state index in [1.807, 2.05) is 55.5 Å². The zero-order valence-corrected chi connectivity index (χ0v) is 19.2. The third-order valence-corrected chi connectivity index (χ3v) is 5.74. The number of rotatable bonds is 9. The Morgan fingerprint density at radius 2 is 1.60 bits per heavy atom. The van der Waals surface area contributed by atoms with Crippen molar-refractivity contribution in [2.45, 2.75) is 25.3 Å². The van der Waals surface area contributed by atoms with Gasteiger partial charge in [-0.2, -0.15) is 0 Å². The van der Waals surface area contributed by atoms with Gasteiger partial charge in [0.2, 0.25) is 5.91 Å². The van der Waals surface area contributed by atoms with Crippen molar-refractivity contribution in [1.82, 2.24) is 5.32 Å². The molecule has 0 radical (unpaired) electrons. The Morgan fingerprint density at radius 3 is 2.23 bits per heavy atom. The van der Waals surface area contributed by atoms with Gasteiger partial charge in [-0.25, -0.2) is 4.79 Å². The van der Waals surface area contributed by atoms with Crippen LogP contribution >= 0.6 is 0 Å². The molecule has 1 aliphatic carbocycles. The van der Waals surface area contributed by atoms with E-state index >= 15 is 0 Å². The van der Waals surface area contributed by atoms with Crippen molar-refractivity contribution in [3.05, 3.63) is 83.9 Å². The van der Waals surface area contributed by atoms with E-state index in [-0.39, 0.29) is 12.5 Å². The molecule has 3 aromatic carbocycles. The van der Waals surface area contributed by atoms with Gasteiger partial charge in [-0.3, -0.25) is 9.59 Å². The summed E-state index contributed by atoms with van der Waals surface area (Å²) in [5.41, 5.74) is 4.71. The Kier molecular flexibility index (Phi) is 7.30. The monoisotopic (exact) mass is 474 g/mol. The number of carbonyl (C=O) groups is 3. The van der Waals surface area contributed by atoms with Crippen LogP contribution in [0.25, 0.3) is 11.1 Å². The highest BCUT2D eigenvalue weighted by atomic mass is 16.5. The fraction of sp³-hybridized carbons (Fsp3) is 0.222. The summed E-state index contributed by atoms with van der Waals surface area (Å²) in [7, 11) is 0. The van der Waals surface area contributed by atoms with Crippen molar-refractivity contribution < 1.29 is 29.0 Å². The van der Waals surface area contributed by atoms with E-state index in [0.717, 1.165) is 22.3 Å². The van der Waals surface area contributed by atoms with Gasteiger partial charge in [0.05, 0.1) is 13.0 Å². The number of nitrogens with one attached hydrogen (secondary N) is 2. The van der Waals surface area contributed by atoms with Gasteiger partial charge in [-0.15, -0.1) is 0 Å². The minimum absolute atomic E-state index is 0.0532. The smallest absolute Gasteiger partial charge is 0.407 e. The second-order valence-corrected chi connectivity index (χ2v) is 8.07. The number of carboxylic acids is 1. The molecule has 0 aliphatic heterocycles. The van der Waals surface area contributed by atoms with E-state index in [2.05, 4.69) is 10.6 Å². The molecule has 0 bridgehead atoms. The number of hydrogen-bond donors (Lipinski definition) is 3. The quantitative estimate of drug-likeness (QED) is 0.423. The van der Waals surface area contributed by atoms with Crippen molar-refractivity contribution in [1.29, 1.82) is 0 Å². The lowest BCUT2D eigenvalue weighted by Crippen LogP contribution is -2.45. The van der Waals surface area contributed by atoms with Gasteiger partial charge in [0.1, 0.15) is 18.4 Å². The molecule has 0 fully saturated rings. The van der Waals surface area contributed by atoms with Crippen molar-refractivity contribution in [2.75, 3.05) is 18.5 Å². The standard InChI is InChI=1S/C27H26N2O6/c1-2-34-18-9-7-8-17(14-18)28-26(32)24(15-25(30)31)29-27(33)35-16-23-21-12-5-3-10-19(21)20-11-4-6-13-22(20)23/h3-14,23-24H,2,15-16H2,1H3,(H,28,32)(H,29,33)(H,30,31). The minimum Gasteiger partial charge on any atom is -0.494 e. The SMILES string of the molecule is CCOc1cccc(NC(=O)C(CC(=O)O)NC(=O)OCC2c3ccccc3-c3ccccc32)c1. The second-order valence-electron chi connectivity index (χ2n) is 8.07. The predicted octanol–water partition coefficient (Wildman–Crippen LogP) is 4.41. The Bertz CT molecular complexity index is 1200. The maximum Gasteiger partial charge on any atom is 0.407 e. The Hall–Kier alpha value is -4.33. The van der Waals surface area contributed by atoms with E-state index in [9.17, 15) is 19.5 Å². The maximum absolute atomic E-state index is 12.8. The molecule has 0 saturated heterocycles. The lowest BCUT2D eigenvalue weighted by Gasteiger charge is -2.19. The summed E-state index contributed by atoms with van der Waals surface area (Å²) in [4.78, 5) is 36.7. The van der Waals surface area contributed by atoms with E-state index in [1.165, 1.54) is 0 Å². The molecule has 35 heavy (non-hydrogen) atoms. The molecule has 4 rings (SSSR count). The highest BCUT2D eigenvalue weighted by Crippen LogP contribution is 2.44. The highest BCUT2D eigenvalue weighted by Gasteiger charge is 2.30. The lowest BCUT2D eigenvalue weighted by atomic mass is 9.98. The Labute approximate surface area is 202 Å². The van der Waals surface area contributed by atoms with E-state index in [0.29, 0.717) is 18.0 Å². The summed E-state index contributed by atoms with van der Waals surface area (Å²) in [6.45, 7) is 2.35. The topological polar surface area (TPSA) is 114 Å². The van der Waals surface area contributed by atoms with Gasteiger partial charge in [0.15, 0.2) is 0 Å². The fourth-order valence-electron chi connectivity index (χ4n) is 4.23. The fourth-order valence-corrected chi connectivity index (χ4v) is 4.23. The third kappa shape index (κ3) is 5.60. The predicted molar refractivity (Wildman–Crippen MR) is 130 cm³/mol. The number of benzene rings is 3. The largest absolute Gasteiger partial charge is 0.494 e. The summed E-state index contributed by atoms with van der Waals surface area (Å²) in [6.07, 6.45) is -1.46. The van der Waals surface area contributed by atoms with Crippen LogP contribution < -0.4 is 15.4 Å². The Morgan fingerprint density at radius 1 is 0.943 bits per heavy atom. The molecule has 0 spiro atoms. The van der Waals surface area contributed by atoms with Crippen LogP contribution in [0.15, 0.2) is 72.8 Å². The number of carbonyl (C=O) groups excluding carboxylic acids is 2. The average molecular weight is 475 g/mol. The van der Waals surface area contributed by atoms with Crippen molar-refractivity contribution in [3.8, 4) is 16.9 Å². The first-order valence-electron chi connectivity index (χ1n) is 11.3. The molecular formula is C27H26N2O6. The van der Waals surface area contributed by atoms with Crippen molar-refractivity contribution in [2.24, 2.45) is 0 Å². The molecule has 1 atom stereocenters. The van der Waals surface area contributed by atoms with Crippen LogP contribution in [0.4, 0.5) is 10.5 Å². The summed E-state index contributed by atoms with van der Waals surface area (Å²) < 4.78 is 10.9. The first-order valence-corrected chi connectivity index (χ1v) is 11.3. The minimum atomic E-state index is -1.32. The summed E-state index contributed by atoms with van der Waals surface area (Å²) >= 11 is 0. The van der Waals surface area contributed by atoms with Gasteiger partial charge in [-0.1, -0.05) is 54.6 Å². The molecule has 180 valence electrons. The van der Waals surface area contributed by atoms with Crippen molar-refractivity contribution >= 4 is 23.7 Å². The van der Waals surface area contributed by atoms with Gasteiger partial charge in [0.25, 0.3) is 0 Å². The average Bonchev–Trinajstić information content (AvgIpc) is 3.16. The maximum atomic E-state index is 12.8. The van der Waals surface area contributed by atoms with E-state index < -0.39 is 30.4 Å². The zero-order valence-electron chi connectivity index (χ0n) is 19.2. The van der Waals surface area contributed by atoms with Crippen LogP contribution in [0.2, 0.25) is 0 Å². The number of hydrogen-bond acceptors (Lipinski definition) is 5. The molecule has 1 unspecified atom stereocenters. The van der Waals surface area contributed by atoms with E-state index in [4.69, 9.17) is 9.47 Å². The molecular weight excluding hydrogens is 448 g/mol. The number of aliphatic carboxylic acids is 1. The zero-order chi connectivity index (χ0) is 24.8. The van der Waals surface area contributed by atoms with Crippen LogP contribution in [-0.4, -0.2) is 42.3 Å². The molecule has 8 nitrogen and oxygen atoms in total. The number of ether oxygens (including phenoxy) is 2. The van der Waals surface area contributed by atoms with Gasteiger partial charge < -0.3 is 25.2 Å². The van der Waals surface area contributed by atoms with E-state index in [1.54, 1.807) is 24.3 Å². The molecule has 1 aliphatic rings. The van der Waals surface area contributed by atoms with Crippen molar-refractivity contribution in [3.63, 3.8) is 0 Å². The van der Waals surface area contributed by atoms with Crippen LogP contribution in [0.5, 0.6) is 5.75 Å². The summed E-state index contributed by atoms with van der Waals surface area (Å²) in [6, 6.07) is 21.2. The lowest BCUT2D eigenvalue weighted by molar-refractivity contribution is -0.139. The molecule has 0 aromatic heterocycles. The van der Waals surface area contributed by atoms with Crippen LogP contribution in [0.3, 0.4) is 0 Å². The van der Waals surface area contributed by atoms with Crippen LogP contribution in [-0.2, 0) is 14.3 Å². The molecule has 0 heterocycles. The number of amides is 2. The van der Waals surface area contributed by atoms with Gasteiger partial charge in [-0.05, 0) is 41.3 Å². The van der Waals surface area contributed by atoms with Crippen LogP contribution in [0, 0.1) is 0 Å². The Balaban J connectivity index is 1.41. The molecule has 3 N–H and O–H groups in total. The third-order valence-electron chi connectivity index (χ3n) is 5.74. The molecule has 3 aromatic rings. The normalized spacial score (nSPS) is 12.7. The highest BCUT2D eigenvalue weighted by molar-refractivity contribution is 5.98. The second kappa shape index (κ2) is 10.7. The molecule has 8 heteroatoms. The summed E-state index contributed by atoms with van der Waals surface area (Å²) in [5.74, 6) is -1.49. The number of anilines is 1. The number of carboxylic acid groups (broad SMARTS) is 1. The molecule has 0 saturated carbocycles. The first-order chi connectivity index (χ1) is 17.0. The number of fused-ring (bicyclic) bond motifs is 3.